The molecule has 0 bridgehead atoms. The van der Waals surface area contributed by atoms with Gasteiger partial charge in [-0.15, -0.1) is 0 Å². The molecule has 1 fully saturated rings. The van der Waals surface area contributed by atoms with E-state index >= 15 is 0 Å². The van der Waals surface area contributed by atoms with Crippen LogP contribution in [-0.4, -0.2) is 28.8 Å². The molecule has 4 aromatic rings. The van der Waals surface area contributed by atoms with Crippen LogP contribution in [0.3, 0.4) is 0 Å². The predicted octanol–water partition coefficient (Wildman–Crippen LogP) is 4.67. The Morgan fingerprint density at radius 2 is 1.82 bits per heavy atom. The highest BCUT2D eigenvalue weighted by molar-refractivity contribution is 5.96. The number of rotatable bonds is 6. The second kappa shape index (κ2) is 9.37. The molecule has 3 heterocycles. The summed E-state index contributed by atoms with van der Waals surface area (Å²) in [4.78, 5) is 35.3. The van der Waals surface area contributed by atoms with Gasteiger partial charge in [-0.05, 0) is 66.9 Å². The number of amides is 2. The largest absolute Gasteiger partial charge is 0.483 e. The molecule has 1 aliphatic heterocycles. The first-order chi connectivity index (χ1) is 18.5. The van der Waals surface area contributed by atoms with Crippen molar-refractivity contribution in [3.8, 4) is 17.0 Å². The maximum Gasteiger partial charge on any atom is 0.252 e. The molecule has 0 radical (unpaired) electrons. The van der Waals surface area contributed by atoms with E-state index in [1.807, 2.05) is 30.3 Å². The van der Waals surface area contributed by atoms with Gasteiger partial charge in [-0.2, -0.15) is 0 Å². The van der Waals surface area contributed by atoms with E-state index in [0.29, 0.717) is 28.3 Å². The Bertz CT molecular complexity index is 1520. The van der Waals surface area contributed by atoms with Crippen LogP contribution < -0.4 is 15.4 Å². The Balaban J connectivity index is 1.29. The molecule has 0 spiro atoms. The minimum atomic E-state index is -0.708. The Kier molecular flexibility index (Phi) is 5.87. The summed E-state index contributed by atoms with van der Waals surface area (Å²) in [7, 11) is 1.56. The highest BCUT2D eigenvalue weighted by Crippen LogP contribution is 2.46. The second-order valence-electron chi connectivity index (χ2n) is 9.59. The zero-order chi connectivity index (χ0) is 26.3. The van der Waals surface area contributed by atoms with Crippen LogP contribution in [0.15, 0.2) is 85.1 Å². The van der Waals surface area contributed by atoms with Crippen LogP contribution in [0.25, 0.3) is 11.3 Å². The van der Waals surface area contributed by atoms with E-state index in [0.717, 1.165) is 24.1 Å². The summed E-state index contributed by atoms with van der Waals surface area (Å²) in [5, 5.41) is 5.85. The lowest BCUT2D eigenvalue weighted by atomic mass is 9.93. The number of carbonyl (C=O) groups excluding carboxylic acids is 2. The molecule has 6 rings (SSSR count). The first-order valence-electron chi connectivity index (χ1n) is 12.5. The lowest BCUT2D eigenvalue weighted by molar-refractivity contribution is -0.123. The molecule has 190 valence electrons. The molecule has 38 heavy (non-hydrogen) atoms. The van der Waals surface area contributed by atoms with E-state index < -0.39 is 17.6 Å². The highest BCUT2D eigenvalue weighted by Gasteiger charge is 2.47. The summed E-state index contributed by atoms with van der Waals surface area (Å²) >= 11 is 0. The minimum Gasteiger partial charge on any atom is -0.483 e. The predicted molar refractivity (Wildman–Crippen MR) is 139 cm³/mol. The lowest BCUT2D eigenvalue weighted by Gasteiger charge is -2.18. The molecule has 1 saturated carbocycles. The molecule has 7 nitrogen and oxygen atoms in total. The van der Waals surface area contributed by atoms with Crippen molar-refractivity contribution in [1.82, 2.24) is 20.6 Å². The van der Waals surface area contributed by atoms with Gasteiger partial charge in [0.2, 0.25) is 5.91 Å². The lowest BCUT2D eigenvalue weighted by Crippen LogP contribution is -2.35. The van der Waals surface area contributed by atoms with Gasteiger partial charge >= 0.3 is 0 Å². The molecule has 1 aliphatic carbocycles. The van der Waals surface area contributed by atoms with Crippen LogP contribution in [0.2, 0.25) is 0 Å². The fraction of sp³-hybridized carbons (Fsp3) is 0.200. The van der Waals surface area contributed by atoms with Crippen molar-refractivity contribution in [2.45, 2.75) is 30.4 Å². The Morgan fingerprint density at radius 1 is 1.00 bits per heavy atom. The van der Waals surface area contributed by atoms with Gasteiger partial charge in [0.15, 0.2) is 0 Å². The summed E-state index contributed by atoms with van der Waals surface area (Å²) in [5.74, 6) is -1.01. The summed E-state index contributed by atoms with van der Waals surface area (Å²) in [6.07, 6.45) is 2.79. The third kappa shape index (κ3) is 4.28. The molecule has 2 aromatic carbocycles. The number of pyridine rings is 2. The van der Waals surface area contributed by atoms with Crippen LogP contribution >= 0.6 is 0 Å². The van der Waals surface area contributed by atoms with Crippen molar-refractivity contribution in [2.24, 2.45) is 0 Å². The first-order valence-corrected chi connectivity index (χ1v) is 12.5. The number of fused-ring (bicyclic) bond motifs is 1. The van der Waals surface area contributed by atoms with Gasteiger partial charge in [0.05, 0.1) is 22.6 Å². The number of likely N-dealkylation sites (N-methyl/N-ethyl adjacent to an activating group) is 1. The number of nitrogens with one attached hydrogen (secondary N) is 2. The van der Waals surface area contributed by atoms with E-state index in [1.165, 1.54) is 12.1 Å². The Morgan fingerprint density at radius 3 is 2.53 bits per heavy atom. The average Bonchev–Trinajstić information content (AvgIpc) is 3.64. The maximum absolute atomic E-state index is 13.5. The number of hydrogen-bond acceptors (Lipinski definition) is 5. The Labute approximate surface area is 219 Å². The minimum absolute atomic E-state index is 0.181. The second-order valence-corrected chi connectivity index (χ2v) is 9.59. The number of carbonyl (C=O) groups is 2. The summed E-state index contributed by atoms with van der Waals surface area (Å²) < 4.78 is 19.6. The number of halogens is 1. The summed E-state index contributed by atoms with van der Waals surface area (Å²) in [6, 6.07) is 22.5. The van der Waals surface area contributed by atoms with E-state index in [-0.39, 0.29) is 17.6 Å². The van der Waals surface area contributed by atoms with E-state index in [1.54, 1.807) is 49.6 Å². The van der Waals surface area contributed by atoms with Gasteiger partial charge in [-0.25, -0.2) is 9.37 Å². The smallest absolute Gasteiger partial charge is 0.252 e. The van der Waals surface area contributed by atoms with Gasteiger partial charge in [-0.3, -0.25) is 14.6 Å². The van der Waals surface area contributed by atoms with Crippen LogP contribution in [-0.2, 0) is 10.3 Å². The molecule has 2 amide bonds. The van der Waals surface area contributed by atoms with E-state index in [4.69, 9.17) is 9.72 Å². The normalized spacial score (nSPS) is 18.7. The fourth-order valence-electron chi connectivity index (χ4n) is 4.95. The molecular formula is C30H25FN4O3. The molecule has 2 unspecified atom stereocenters. The van der Waals surface area contributed by atoms with Crippen LogP contribution in [0, 0.1) is 5.82 Å². The zero-order valence-corrected chi connectivity index (χ0v) is 20.6. The summed E-state index contributed by atoms with van der Waals surface area (Å²) in [6.45, 7) is 0. The van der Waals surface area contributed by atoms with Crippen LogP contribution in [0.5, 0.6) is 5.75 Å². The molecule has 2 aromatic heterocycles. The van der Waals surface area contributed by atoms with Gasteiger partial charge in [0.25, 0.3) is 5.91 Å². The van der Waals surface area contributed by atoms with Crippen molar-refractivity contribution in [3.05, 3.63) is 113 Å². The SMILES string of the molecule is CNC(=O)C1c2nc(-c3cccc(C(=O)NC4(c5ccccn5)CC4)c3)ccc2OC1c1ccc(F)cc1. The molecule has 0 saturated heterocycles. The number of nitrogens with zero attached hydrogens (tertiary/aromatic N) is 2. The topological polar surface area (TPSA) is 93.2 Å². The summed E-state index contributed by atoms with van der Waals surface area (Å²) in [5.41, 5.74) is 3.48. The fourth-order valence-corrected chi connectivity index (χ4v) is 4.95. The third-order valence-corrected chi connectivity index (χ3v) is 7.14. The van der Waals surface area contributed by atoms with Crippen LogP contribution in [0.1, 0.15) is 52.2 Å². The van der Waals surface area contributed by atoms with E-state index in [2.05, 4.69) is 15.6 Å². The van der Waals surface area contributed by atoms with Gasteiger partial charge in [-0.1, -0.05) is 30.3 Å². The van der Waals surface area contributed by atoms with Crippen molar-refractivity contribution in [2.75, 3.05) is 7.05 Å². The molecule has 8 heteroatoms. The highest BCUT2D eigenvalue weighted by atomic mass is 19.1. The van der Waals surface area contributed by atoms with Gasteiger partial charge < -0.3 is 15.4 Å². The number of hydrogen-bond donors (Lipinski definition) is 2. The monoisotopic (exact) mass is 508 g/mol. The third-order valence-electron chi connectivity index (χ3n) is 7.14. The molecule has 2 atom stereocenters. The van der Waals surface area contributed by atoms with Gasteiger partial charge in [0, 0.05) is 24.4 Å². The molecule has 2 N–H and O–H groups in total. The number of benzene rings is 2. The van der Waals surface area contributed by atoms with Crippen LogP contribution in [0.4, 0.5) is 4.39 Å². The Hall–Kier alpha value is -4.59. The quantitative estimate of drug-likeness (QED) is 0.395. The van der Waals surface area contributed by atoms with E-state index in [9.17, 15) is 14.0 Å². The number of ether oxygens (including phenoxy) is 1. The average molecular weight is 509 g/mol. The first kappa shape index (κ1) is 23.8. The van der Waals surface area contributed by atoms with Gasteiger partial charge in [0.1, 0.15) is 23.6 Å². The molecule has 2 aliphatic rings. The van der Waals surface area contributed by atoms with Crippen molar-refractivity contribution < 1.29 is 18.7 Å². The molecular weight excluding hydrogens is 483 g/mol. The van der Waals surface area contributed by atoms with Crippen molar-refractivity contribution in [3.63, 3.8) is 0 Å². The van der Waals surface area contributed by atoms with Crippen molar-refractivity contribution in [1.29, 1.82) is 0 Å². The maximum atomic E-state index is 13.5. The number of aromatic nitrogens is 2. The zero-order valence-electron chi connectivity index (χ0n) is 20.6. The van der Waals surface area contributed by atoms with Crippen molar-refractivity contribution >= 4 is 11.8 Å². The standard InChI is InChI=1S/C30H25FN4O3/c1-32-29(37)25-26-23(38-27(25)18-8-10-21(31)11-9-18)13-12-22(34-26)19-5-4-6-20(17-19)28(36)35-30(14-15-30)24-7-2-3-16-33-24/h2-13,16-17,25,27H,14-15H2,1H3,(H,32,37)(H,35,36).